The summed E-state index contributed by atoms with van der Waals surface area (Å²) in [7, 11) is 2.49. The molecule has 0 fully saturated rings. The summed E-state index contributed by atoms with van der Waals surface area (Å²) >= 11 is 0. The van der Waals surface area contributed by atoms with Crippen LogP contribution in [0, 0.1) is 11.3 Å². The Kier molecular flexibility index (Phi) is 7.07. The third-order valence-electron chi connectivity index (χ3n) is 6.16. The molecular formula is C24H36N7P. The average Bonchev–Trinajstić information content (AvgIpc) is 3.08. The van der Waals surface area contributed by atoms with Gasteiger partial charge in [0.15, 0.2) is 5.82 Å². The van der Waals surface area contributed by atoms with Crippen molar-refractivity contribution in [2.45, 2.75) is 78.3 Å². The first-order valence-electron chi connectivity index (χ1n) is 11.3. The molecule has 1 aromatic carbocycles. The quantitative estimate of drug-likeness (QED) is 0.432. The van der Waals surface area contributed by atoms with Crippen LogP contribution in [0.3, 0.4) is 0 Å². The number of fused-ring (bicyclic) bond motifs is 1. The van der Waals surface area contributed by atoms with E-state index in [4.69, 9.17) is 5.10 Å². The molecule has 0 saturated heterocycles. The molecule has 2 heterocycles. The fourth-order valence-corrected chi connectivity index (χ4v) is 4.88. The molecular weight excluding hydrogens is 417 g/mol. The zero-order valence-corrected chi connectivity index (χ0v) is 21.6. The van der Waals surface area contributed by atoms with Crippen LogP contribution < -0.4 is 9.99 Å². The SMILES string of the molecule is CCN1c2ccc(N=Nc3c(C#N)c(C(C)(C)C)nn3CCNP)cc2C(C)CC1(C)C. The van der Waals surface area contributed by atoms with Crippen molar-refractivity contribution >= 4 is 26.6 Å². The molecule has 1 N–H and O–H groups in total. The molecule has 2 aromatic rings. The Balaban J connectivity index is 2.02. The summed E-state index contributed by atoms with van der Waals surface area (Å²) in [5.41, 5.74) is 4.50. The van der Waals surface area contributed by atoms with E-state index in [0.717, 1.165) is 24.3 Å². The maximum absolute atomic E-state index is 9.87. The van der Waals surface area contributed by atoms with E-state index in [1.807, 2.05) is 6.07 Å². The van der Waals surface area contributed by atoms with Crippen molar-refractivity contribution in [3.8, 4) is 6.07 Å². The van der Waals surface area contributed by atoms with Gasteiger partial charge < -0.3 is 4.90 Å². The van der Waals surface area contributed by atoms with E-state index in [9.17, 15) is 5.26 Å². The first kappa shape index (κ1) is 24.4. The molecule has 0 radical (unpaired) electrons. The lowest BCUT2D eigenvalue weighted by atomic mass is 9.80. The number of nitrogens with zero attached hydrogens (tertiary/aromatic N) is 6. The minimum Gasteiger partial charge on any atom is -0.366 e. The van der Waals surface area contributed by atoms with Crippen molar-refractivity contribution in [2.24, 2.45) is 10.2 Å². The first-order valence-corrected chi connectivity index (χ1v) is 11.9. The van der Waals surface area contributed by atoms with Crippen LogP contribution in [0.25, 0.3) is 0 Å². The highest BCUT2D eigenvalue weighted by molar-refractivity contribution is 7.13. The van der Waals surface area contributed by atoms with Crippen molar-refractivity contribution < 1.29 is 0 Å². The molecule has 1 aliphatic heterocycles. The Bertz CT molecular complexity index is 1040. The second kappa shape index (κ2) is 9.29. The Labute approximate surface area is 194 Å². The van der Waals surface area contributed by atoms with Gasteiger partial charge in [0.25, 0.3) is 0 Å². The Morgan fingerprint density at radius 2 is 2.03 bits per heavy atom. The Morgan fingerprint density at radius 1 is 1.31 bits per heavy atom. The lowest BCUT2D eigenvalue weighted by Crippen LogP contribution is -2.48. The molecule has 0 amide bonds. The predicted octanol–water partition coefficient (Wildman–Crippen LogP) is 5.96. The van der Waals surface area contributed by atoms with Crippen molar-refractivity contribution in [3.63, 3.8) is 0 Å². The maximum Gasteiger partial charge on any atom is 0.191 e. The highest BCUT2D eigenvalue weighted by atomic mass is 31.0. The van der Waals surface area contributed by atoms with E-state index >= 15 is 0 Å². The van der Waals surface area contributed by atoms with Crippen LogP contribution >= 0.6 is 9.39 Å². The molecule has 1 aliphatic rings. The van der Waals surface area contributed by atoms with Gasteiger partial charge in [-0.25, -0.2) is 4.68 Å². The number of anilines is 1. The number of hydrogen-bond acceptors (Lipinski definition) is 6. The Morgan fingerprint density at radius 3 is 2.62 bits per heavy atom. The summed E-state index contributed by atoms with van der Waals surface area (Å²) in [6, 6.07) is 8.63. The Hall–Kier alpha value is -2.29. The summed E-state index contributed by atoms with van der Waals surface area (Å²) in [6.45, 7) is 17.5. The van der Waals surface area contributed by atoms with Crippen LogP contribution in [-0.2, 0) is 12.0 Å². The van der Waals surface area contributed by atoms with E-state index in [2.05, 4.69) is 96.3 Å². The number of benzene rings is 1. The second-order valence-corrected chi connectivity index (χ2v) is 10.6. The van der Waals surface area contributed by atoms with Gasteiger partial charge in [0.2, 0.25) is 0 Å². The first-order chi connectivity index (χ1) is 15.0. The highest BCUT2D eigenvalue weighted by Gasteiger charge is 2.35. The summed E-state index contributed by atoms with van der Waals surface area (Å²) in [5, 5.41) is 26.7. The van der Waals surface area contributed by atoms with E-state index < -0.39 is 0 Å². The molecule has 172 valence electrons. The fraction of sp³-hybridized carbons (Fsp3) is 0.583. The van der Waals surface area contributed by atoms with Crippen molar-refractivity contribution in [2.75, 3.05) is 18.0 Å². The van der Waals surface area contributed by atoms with Crippen LogP contribution in [0.2, 0.25) is 0 Å². The average molecular weight is 454 g/mol. The van der Waals surface area contributed by atoms with Crippen molar-refractivity contribution in [1.82, 2.24) is 14.9 Å². The normalized spacial score (nSPS) is 18.1. The van der Waals surface area contributed by atoms with Crippen LogP contribution in [-0.4, -0.2) is 28.4 Å². The number of azo groups is 1. The molecule has 2 unspecified atom stereocenters. The number of nitriles is 1. The maximum atomic E-state index is 9.87. The van der Waals surface area contributed by atoms with Crippen LogP contribution in [0.1, 0.15) is 77.6 Å². The van der Waals surface area contributed by atoms with Crippen LogP contribution in [0.4, 0.5) is 17.2 Å². The molecule has 7 nitrogen and oxygen atoms in total. The summed E-state index contributed by atoms with van der Waals surface area (Å²) in [4.78, 5) is 2.47. The van der Waals surface area contributed by atoms with Gasteiger partial charge in [0.05, 0.1) is 17.9 Å². The third kappa shape index (κ3) is 4.72. The van der Waals surface area contributed by atoms with Gasteiger partial charge in [-0.3, -0.25) is 5.09 Å². The van der Waals surface area contributed by atoms with Gasteiger partial charge in [-0.1, -0.05) is 37.1 Å². The lowest BCUT2D eigenvalue weighted by molar-refractivity contribution is 0.381. The summed E-state index contributed by atoms with van der Waals surface area (Å²) < 4.78 is 1.78. The monoisotopic (exact) mass is 453 g/mol. The molecule has 3 rings (SSSR count). The van der Waals surface area contributed by atoms with E-state index in [0.29, 0.717) is 30.4 Å². The minimum absolute atomic E-state index is 0.132. The van der Waals surface area contributed by atoms with Crippen molar-refractivity contribution in [3.05, 3.63) is 35.0 Å². The molecule has 8 heteroatoms. The third-order valence-corrected chi connectivity index (χ3v) is 6.45. The molecule has 0 spiro atoms. The largest absolute Gasteiger partial charge is 0.366 e. The standard InChI is InChI=1S/C24H36N7P/c1-8-30-20-10-9-17(13-18(20)16(2)14-24(30,6)7)27-28-22-19(15-25)21(23(3,4)5)29-31(22)12-11-26-32/h9-10,13,16,26H,8,11-12,14,32H2,1-7H3. The van der Waals surface area contributed by atoms with E-state index in [1.54, 1.807) is 4.68 Å². The van der Waals surface area contributed by atoms with Gasteiger partial charge in [-0.2, -0.15) is 10.4 Å². The lowest BCUT2D eigenvalue weighted by Gasteiger charge is -2.47. The second-order valence-electron chi connectivity index (χ2n) is 10.2. The smallest absolute Gasteiger partial charge is 0.191 e. The highest BCUT2D eigenvalue weighted by Crippen LogP contribution is 2.44. The van der Waals surface area contributed by atoms with E-state index in [-0.39, 0.29) is 11.0 Å². The van der Waals surface area contributed by atoms with Gasteiger partial charge in [0.1, 0.15) is 11.6 Å². The fourth-order valence-electron chi connectivity index (χ4n) is 4.75. The molecule has 0 bridgehead atoms. The van der Waals surface area contributed by atoms with Crippen LogP contribution in [0.15, 0.2) is 28.4 Å². The topological polar surface area (TPSA) is 81.6 Å². The zero-order valence-electron chi connectivity index (χ0n) is 20.4. The number of hydrogen-bond donors (Lipinski definition) is 1. The molecule has 2 atom stereocenters. The van der Waals surface area contributed by atoms with Gasteiger partial charge in [-0.05, 0) is 56.9 Å². The van der Waals surface area contributed by atoms with Crippen LogP contribution in [0.5, 0.6) is 0 Å². The van der Waals surface area contributed by atoms with Gasteiger partial charge in [0, 0.05) is 29.7 Å². The van der Waals surface area contributed by atoms with E-state index in [1.165, 1.54) is 11.3 Å². The predicted molar refractivity (Wildman–Crippen MR) is 134 cm³/mol. The minimum atomic E-state index is -0.257. The number of aromatic nitrogens is 2. The zero-order chi connectivity index (χ0) is 23.7. The number of nitrogens with one attached hydrogen (secondary N) is 1. The van der Waals surface area contributed by atoms with Crippen molar-refractivity contribution in [1.29, 1.82) is 5.26 Å². The van der Waals surface area contributed by atoms with Gasteiger partial charge >= 0.3 is 0 Å². The molecule has 0 saturated carbocycles. The molecule has 1 aromatic heterocycles. The molecule has 0 aliphatic carbocycles. The molecule has 32 heavy (non-hydrogen) atoms. The summed E-state index contributed by atoms with van der Waals surface area (Å²) in [6.07, 6.45) is 1.09. The summed E-state index contributed by atoms with van der Waals surface area (Å²) in [5.74, 6) is 0.957. The number of rotatable bonds is 6. The van der Waals surface area contributed by atoms with Gasteiger partial charge in [-0.15, -0.1) is 10.2 Å².